The molecule has 0 amide bonds. The molecule has 2 atom stereocenters. The topological polar surface area (TPSA) is 18.5 Å². The van der Waals surface area contributed by atoms with Gasteiger partial charge in [-0.15, -0.1) is 0 Å². The Bertz CT molecular complexity index is 187. The van der Waals surface area contributed by atoms with Crippen LogP contribution >= 0.6 is 0 Å². The Kier molecular flexibility index (Phi) is 3.59. The van der Waals surface area contributed by atoms with Gasteiger partial charge >= 0.3 is 0 Å². The van der Waals surface area contributed by atoms with Gasteiger partial charge in [-0.25, -0.2) is 0 Å². The second-order valence-corrected chi connectivity index (χ2v) is 4.66. The Labute approximate surface area is 88.0 Å². The van der Waals surface area contributed by atoms with E-state index < -0.39 is 0 Å². The molecule has 1 aliphatic rings. The van der Waals surface area contributed by atoms with E-state index >= 15 is 0 Å². The van der Waals surface area contributed by atoms with Gasteiger partial charge in [0.1, 0.15) is 0 Å². The van der Waals surface area contributed by atoms with Crippen LogP contribution in [0.4, 0.5) is 0 Å². The summed E-state index contributed by atoms with van der Waals surface area (Å²) in [6, 6.07) is 0. The summed E-state index contributed by atoms with van der Waals surface area (Å²) in [4.78, 5) is 0. The lowest BCUT2D eigenvalue weighted by atomic mass is 9.92. The van der Waals surface area contributed by atoms with E-state index in [4.69, 9.17) is 9.47 Å². The summed E-state index contributed by atoms with van der Waals surface area (Å²) in [7, 11) is 0. The fraction of sp³-hybridized carbons (Fsp3) is 1.00. The van der Waals surface area contributed by atoms with E-state index in [1.54, 1.807) is 0 Å². The first kappa shape index (κ1) is 12.0. The van der Waals surface area contributed by atoms with Gasteiger partial charge in [0.25, 0.3) is 0 Å². The Morgan fingerprint density at radius 1 is 1.14 bits per heavy atom. The molecule has 0 aromatic carbocycles. The van der Waals surface area contributed by atoms with Crippen molar-refractivity contribution < 1.29 is 9.47 Å². The quantitative estimate of drug-likeness (QED) is 0.694. The van der Waals surface area contributed by atoms with Crippen LogP contribution in [-0.2, 0) is 9.47 Å². The summed E-state index contributed by atoms with van der Waals surface area (Å²) in [6.07, 6.45) is 4.24. The summed E-state index contributed by atoms with van der Waals surface area (Å²) in [6.45, 7) is 10.8. The number of hydrogen-bond acceptors (Lipinski definition) is 2. The van der Waals surface area contributed by atoms with Crippen LogP contribution in [0.3, 0.4) is 0 Å². The van der Waals surface area contributed by atoms with Crippen molar-refractivity contribution in [2.24, 2.45) is 0 Å². The summed E-state index contributed by atoms with van der Waals surface area (Å²) in [5.41, 5.74) is 0.00366. The van der Waals surface area contributed by atoms with E-state index in [0.29, 0.717) is 6.10 Å². The molecule has 0 saturated carbocycles. The minimum Gasteiger partial charge on any atom is -0.347 e. The first-order valence-corrected chi connectivity index (χ1v) is 5.87. The molecule has 1 unspecified atom stereocenters. The van der Waals surface area contributed by atoms with Crippen LogP contribution in [0.15, 0.2) is 0 Å². The second kappa shape index (κ2) is 4.19. The molecule has 0 spiro atoms. The van der Waals surface area contributed by atoms with Crippen LogP contribution in [0, 0.1) is 0 Å². The van der Waals surface area contributed by atoms with E-state index in [0.717, 1.165) is 25.7 Å². The van der Waals surface area contributed by atoms with Crippen LogP contribution in [-0.4, -0.2) is 17.5 Å². The molecule has 1 saturated heterocycles. The van der Waals surface area contributed by atoms with Crippen molar-refractivity contribution in [3.8, 4) is 0 Å². The van der Waals surface area contributed by atoms with Gasteiger partial charge in [0.05, 0.1) is 11.7 Å². The highest BCUT2D eigenvalue weighted by Crippen LogP contribution is 2.39. The predicted octanol–water partition coefficient (Wildman–Crippen LogP) is 3.50. The van der Waals surface area contributed by atoms with Crippen molar-refractivity contribution in [2.75, 3.05) is 0 Å². The van der Waals surface area contributed by atoms with Gasteiger partial charge in [-0.1, -0.05) is 20.8 Å². The lowest BCUT2D eigenvalue weighted by molar-refractivity contribution is -0.346. The molecule has 2 nitrogen and oxygen atoms in total. The monoisotopic (exact) mass is 200 g/mol. The smallest absolute Gasteiger partial charge is 0.168 e. The average molecular weight is 200 g/mol. The molecule has 14 heavy (non-hydrogen) atoms. The molecule has 1 rings (SSSR count). The molecule has 2 heteroatoms. The van der Waals surface area contributed by atoms with Crippen molar-refractivity contribution in [3.05, 3.63) is 0 Å². The van der Waals surface area contributed by atoms with Crippen molar-refractivity contribution in [2.45, 2.75) is 77.8 Å². The maximum Gasteiger partial charge on any atom is 0.168 e. The van der Waals surface area contributed by atoms with E-state index in [2.05, 4.69) is 34.6 Å². The zero-order chi connectivity index (χ0) is 10.8. The van der Waals surface area contributed by atoms with Crippen molar-refractivity contribution >= 4 is 0 Å². The highest BCUT2D eigenvalue weighted by atomic mass is 16.7. The third kappa shape index (κ3) is 2.29. The molecule has 0 bridgehead atoms. The zero-order valence-electron chi connectivity index (χ0n) is 10.2. The fourth-order valence-electron chi connectivity index (χ4n) is 2.31. The lowest BCUT2D eigenvalue weighted by Gasteiger charge is -2.48. The van der Waals surface area contributed by atoms with E-state index in [1.165, 1.54) is 0 Å². The van der Waals surface area contributed by atoms with Crippen LogP contribution in [0.2, 0.25) is 0 Å². The van der Waals surface area contributed by atoms with Crippen LogP contribution < -0.4 is 0 Å². The molecule has 0 aromatic rings. The van der Waals surface area contributed by atoms with E-state index in [-0.39, 0.29) is 11.4 Å². The Hall–Kier alpha value is -0.0800. The first-order chi connectivity index (χ1) is 6.49. The highest BCUT2D eigenvalue weighted by molar-refractivity contribution is 4.86. The molecule has 0 radical (unpaired) electrons. The third-order valence-corrected chi connectivity index (χ3v) is 3.39. The maximum absolute atomic E-state index is 6.16. The lowest BCUT2D eigenvalue weighted by Crippen LogP contribution is -2.52. The predicted molar refractivity (Wildman–Crippen MR) is 58.3 cm³/mol. The minimum absolute atomic E-state index is 0.00366. The van der Waals surface area contributed by atoms with E-state index in [1.807, 2.05) is 0 Å². The largest absolute Gasteiger partial charge is 0.347 e. The summed E-state index contributed by atoms with van der Waals surface area (Å²) >= 11 is 0. The number of ether oxygens (including phenoxy) is 2. The highest BCUT2D eigenvalue weighted by Gasteiger charge is 2.43. The van der Waals surface area contributed by atoms with Crippen LogP contribution in [0.25, 0.3) is 0 Å². The number of rotatable bonds is 3. The minimum atomic E-state index is -0.331. The SMILES string of the molecule is CCC1(C)C[C@@H](C)OC(CC)(CC)O1. The van der Waals surface area contributed by atoms with Gasteiger partial charge in [-0.3, -0.25) is 0 Å². The molecule has 1 heterocycles. The summed E-state index contributed by atoms with van der Waals surface area (Å²) in [5, 5.41) is 0. The van der Waals surface area contributed by atoms with Gasteiger partial charge in [0.2, 0.25) is 0 Å². The Morgan fingerprint density at radius 2 is 1.71 bits per heavy atom. The van der Waals surface area contributed by atoms with Crippen molar-refractivity contribution in [1.82, 2.24) is 0 Å². The van der Waals surface area contributed by atoms with E-state index in [9.17, 15) is 0 Å². The van der Waals surface area contributed by atoms with Crippen LogP contribution in [0.1, 0.15) is 60.3 Å². The summed E-state index contributed by atoms with van der Waals surface area (Å²) in [5.74, 6) is -0.331. The molecule has 0 N–H and O–H groups in total. The Morgan fingerprint density at radius 3 is 2.14 bits per heavy atom. The molecule has 84 valence electrons. The fourth-order valence-corrected chi connectivity index (χ4v) is 2.31. The zero-order valence-corrected chi connectivity index (χ0v) is 10.2. The molecule has 1 aliphatic heterocycles. The molecule has 0 aromatic heterocycles. The normalized spacial score (nSPS) is 37.1. The van der Waals surface area contributed by atoms with Crippen LogP contribution in [0.5, 0.6) is 0 Å². The standard InChI is InChI=1S/C12H24O2/c1-6-11(5)9-10(4)13-12(7-2,8-3)14-11/h10H,6-9H2,1-5H3/t10-,11?/m1/s1. The van der Waals surface area contributed by atoms with Gasteiger partial charge in [-0.2, -0.15) is 0 Å². The van der Waals surface area contributed by atoms with Crippen molar-refractivity contribution in [1.29, 1.82) is 0 Å². The average Bonchev–Trinajstić information content (AvgIpc) is 2.16. The van der Waals surface area contributed by atoms with Crippen molar-refractivity contribution in [3.63, 3.8) is 0 Å². The molecular formula is C12H24O2. The summed E-state index contributed by atoms with van der Waals surface area (Å²) < 4.78 is 12.1. The third-order valence-electron chi connectivity index (χ3n) is 3.39. The van der Waals surface area contributed by atoms with Gasteiger partial charge in [0.15, 0.2) is 5.79 Å². The number of hydrogen-bond donors (Lipinski definition) is 0. The van der Waals surface area contributed by atoms with Gasteiger partial charge in [-0.05, 0) is 33.1 Å². The first-order valence-electron chi connectivity index (χ1n) is 5.87. The molecule has 0 aliphatic carbocycles. The Balaban J connectivity index is 2.80. The molecular weight excluding hydrogens is 176 g/mol. The maximum atomic E-state index is 6.16. The van der Waals surface area contributed by atoms with Gasteiger partial charge in [0, 0.05) is 6.42 Å². The van der Waals surface area contributed by atoms with Gasteiger partial charge < -0.3 is 9.47 Å². The molecule has 1 fully saturated rings. The second-order valence-electron chi connectivity index (χ2n) is 4.66.